The molecule has 1 unspecified atom stereocenters. The van der Waals surface area contributed by atoms with Crippen molar-refractivity contribution in [2.75, 3.05) is 32.8 Å². The van der Waals surface area contributed by atoms with Crippen LogP contribution in [-0.4, -0.2) is 60.9 Å². The Morgan fingerprint density at radius 1 is 1.12 bits per heavy atom. The number of carbonyl (C=O) groups is 1. The Morgan fingerprint density at radius 3 is 2.38 bits per heavy atom. The zero-order valence-corrected chi connectivity index (χ0v) is 18.7. The van der Waals surface area contributed by atoms with Gasteiger partial charge >= 0.3 is 0 Å². The second kappa shape index (κ2) is 11.7. The van der Waals surface area contributed by atoms with Crippen LogP contribution in [-0.2, 0) is 4.79 Å². The van der Waals surface area contributed by atoms with Crippen molar-refractivity contribution >= 4 is 29.1 Å². The quantitative estimate of drug-likeness (QED) is 0.563. The number of rotatable bonds is 9. The summed E-state index contributed by atoms with van der Waals surface area (Å²) in [6, 6.07) is 7.97. The molecule has 0 bridgehead atoms. The van der Waals surface area contributed by atoms with E-state index in [2.05, 4.69) is 5.32 Å². The molecule has 10 heteroatoms. The minimum atomic E-state index is -0.786. The smallest absolute Gasteiger partial charge is 0.258 e. The third-order valence-corrected chi connectivity index (χ3v) is 5.55. The molecule has 1 saturated heterocycles. The van der Waals surface area contributed by atoms with Crippen LogP contribution in [0.3, 0.4) is 0 Å². The molecule has 2 aromatic carbocycles. The molecular weight excluding hydrogens is 465 g/mol. The molecular formula is C22H24Cl2F2N2O4. The Labute approximate surface area is 195 Å². The number of carbonyl (C=O) groups excluding carboxylic acids is 1. The van der Waals surface area contributed by atoms with Crippen LogP contribution < -0.4 is 14.8 Å². The van der Waals surface area contributed by atoms with Crippen LogP contribution in [0.2, 0.25) is 10.0 Å². The zero-order chi connectivity index (χ0) is 23.1. The fraction of sp³-hybridized carbons (Fsp3) is 0.409. The Hall–Kier alpha value is -2.13. The summed E-state index contributed by atoms with van der Waals surface area (Å²) in [5.74, 6) is -1.01. The maximum absolute atomic E-state index is 13.5. The van der Waals surface area contributed by atoms with Gasteiger partial charge in [-0.1, -0.05) is 23.2 Å². The molecule has 2 aromatic rings. The van der Waals surface area contributed by atoms with E-state index in [4.69, 9.17) is 32.7 Å². The number of amides is 1. The Bertz CT molecular complexity index is 935. The number of nitrogens with one attached hydrogen (secondary N) is 1. The summed E-state index contributed by atoms with van der Waals surface area (Å²) in [4.78, 5) is 14.2. The van der Waals surface area contributed by atoms with Gasteiger partial charge in [0.25, 0.3) is 5.91 Å². The fourth-order valence-electron chi connectivity index (χ4n) is 3.43. The average Bonchev–Trinajstić information content (AvgIpc) is 2.75. The highest BCUT2D eigenvalue weighted by molar-refractivity contribution is 6.31. The van der Waals surface area contributed by atoms with Gasteiger partial charge in [0.05, 0.1) is 10.0 Å². The molecule has 6 nitrogen and oxygen atoms in total. The number of halogens is 4. The van der Waals surface area contributed by atoms with E-state index < -0.39 is 17.7 Å². The SMILES string of the molecule is O=C(COc1ccc(Cl)c(F)c1)N[C@H]1CCCN(CC(O)COc2ccc(Cl)c(F)c2)C1. The number of hydrogen-bond acceptors (Lipinski definition) is 5. The lowest BCUT2D eigenvalue weighted by molar-refractivity contribution is -0.124. The third kappa shape index (κ3) is 7.48. The first-order valence-electron chi connectivity index (χ1n) is 10.2. The lowest BCUT2D eigenvalue weighted by atomic mass is 10.1. The molecule has 0 aliphatic carbocycles. The largest absolute Gasteiger partial charge is 0.491 e. The molecule has 0 saturated carbocycles. The van der Waals surface area contributed by atoms with E-state index in [9.17, 15) is 18.7 Å². The van der Waals surface area contributed by atoms with Crippen molar-refractivity contribution in [3.63, 3.8) is 0 Å². The fourth-order valence-corrected chi connectivity index (χ4v) is 3.67. The average molecular weight is 489 g/mol. The van der Waals surface area contributed by atoms with E-state index in [0.717, 1.165) is 25.5 Å². The Kier molecular flexibility index (Phi) is 8.92. The molecule has 0 spiro atoms. The van der Waals surface area contributed by atoms with Crippen molar-refractivity contribution in [1.82, 2.24) is 10.2 Å². The first kappa shape index (κ1) is 24.5. The van der Waals surface area contributed by atoms with Gasteiger partial charge < -0.3 is 19.9 Å². The van der Waals surface area contributed by atoms with E-state index >= 15 is 0 Å². The van der Waals surface area contributed by atoms with Crippen LogP contribution in [0.5, 0.6) is 11.5 Å². The first-order chi connectivity index (χ1) is 15.3. The Balaban J connectivity index is 1.39. The molecule has 2 atom stereocenters. The van der Waals surface area contributed by atoms with Crippen LogP contribution in [0.1, 0.15) is 12.8 Å². The number of hydrogen-bond donors (Lipinski definition) is 2. The second-order valence-corrected chi connectivity index (χ2v) is 8.39. The van der Waals surface area contributed by atoms with Gasteiger partial charge in [-0.2, -0.15) is 0 Å². The molecule has 1 amide bonds. The lowest BCUT2D eigenvalue weighted by Crippen LogP contribution is -2.50. The lowest BCUT2D eigenvalue weighted by Gasteiger charge is -2.34. The number of aliphatic hydroxyl groups excluding tert-OH is 1. The van der Waals surface area contributed by atoms with Crippen molar-refractivity contribution in [1.29, 1.82) is 0 Å². The summed E-state index contributed by atoms with van der Waals surface area (Å²) < 4.78 is 37.6. The summed E-state index contributed by atoms with van der Waals surface area (Å²) >= 11 is 11.3. The van der Waals surface area contributed by atoms with Crippen LogP contribution in [0.15, 0.2) is 36.4 Å². The van der Waals surface area contributed by atoms with Gasteiger partial charge in [-0.05, 0) is 43.7 Å². The highest BCUT2D eigenvalue weighted by atomic mass is 35.5. The number of ether oxygens (including phenoxy) is 2. The van der Waals surface area contributed by atoms with Crippen molar-refractivity contribution in [3.8, 4) is 11.5 Å². The predicted octanol–water partition coefficient (Wildman–Crippen LogP) is 3.67. The minimum Gasteiger partial charge on any atom is -0.491 e. The maximum atomic E-state index is 13.5. The molecule has 1 heterocycles. The van der Waals surface area contributed by atoms with E-state index in [1.165, 1.54) is 30.3 Å². The summed E-state index contributed by atoms with van der Waals surface area (Å²) in [6.07, 6.45) is 0.866. The molecule has 174 valence electrons. The predicted molar refractivity (Wildman–Crippen MR) is 117 cm³/mol. The number of β-amino-alcohol motifs (C(OH)–C–C–N with tert-alkyl or cyclic N) is 1. The molecule has 1 aliphatic rings. The number of piperidine rings is 1. The summed E-state index contributed by atoms with van der Waals surface area (Å²) in [7, 11) is 0. The topological polar surface area (TPSA) is 71.0 Å². The van der Waals surface area contributed by atoms with E-state index in [1.807, 2.05) is 4.90 Å². The summed E-state index contributed by atoms with van der Waals surface area (Å²) in [5, 5.41) is 13.2. The number of likely N-dealkylation sites (tertiary alicyclic amines) is 1. The van der Waals surface area contributed by atoms with Crippen LogP contribution in [0.4, 0.5) is 8.78 Å². The van der Waals surface area contributed by atoms with Gasteiger partial charge in [0, 0.05) is 31.3 Å². The first-order valence-corrected chi connectivity index (χ1v) is 10.9. The third-order valence-electron chi connectivity index (χ3n) is 4.93. The molecule has 1 aliphatic heterocycles. The molecule has 3 rings (SSSR count). The van der Waals surface area contributed by atoms with Gasteiger partial charge in [0.15, 0.2) is 6.61 Å². The van der Waals surface area contributed by atoms with E-state index in [-0.39, 0.29) is 46.7 Å². The van der Waals surface area contributed by atoms with Crippen molar-refractivity contribution in [2.45, 2.75) is 25.0 Å². The van der Waals surface area contributed by atoms with Crippen LogP contribution in [0.25, 0.3) is 0 Å². The Morgan fingerprint density at radius 2 is 1.75 bits per heavy atom. The molecule has 0 radical (unpaired) electrons. The molecule has 32 heavy (non-hydrogen) atoms. The molecule has 2 N–H and O–H groups in total. The zero-order valence-electron chi connectivity index (χ0n) is 17.2. The van der Waals surface area contributed by atoms with Gasteiger partial charge in [-0.3, -0.25) is 9.69 Å². The summed E-state index contributed by atoms with van der Waals surface area (Å²) in [5.41, 5.74) is 0. The van der Waals surface area contributed by atoms with Gasteiger partial charge in [0.2, 0.25) is 0 Å². The van der Waals surface area contributed by atoms with Gasteiger partial charge in [-0.25, -0.2) is 8.78 Å². The standard InChI is InChI=1S/C22H24Cl2F2N2O4/c23-18-5-3-16(8-20(18)25)31-12-15(29)11-28-7-1-2-14(10-28)27-22(30)13-32-17-4-6-19(24)21(26)9-17/h3-6,8-9,14-15,29H,1-2,7,10-13H2,(H,27,30)/t14-,15?/m0/s1. The van der Waals surface area contributed by atoms with Crippen molar-refractivity contribution < 1.29 is 28.2 Å². The van der Waals surface area contributed by atoms with Crippen LogP contribution in [0, 0.1) is 11.6 Å². The van der Waals surface area contributed by atoms with Gasteiger partial charge in [0.1, 0.15) is 35.8 Å². The van der Waals surface area contributed by atoms with E-state index in [1.54, 1.807) is 0 Å². The summed E-state index contributed by atoms with van der Waals surface area (Å²) in [6.45, 7) is 1.45. The molecule has 1 fully saturated rings. The number of benzene rings is 2. The number of nitrogens with zero attached hydrogens (tertiary/aromatic N) is 1. The minimum absolute atomic E-state index is 0.0000892. The van der Waals surface area contributed by atoms with Crippen LogP contribution >= 0.6 is 23.2 Å². The second-order valence-electron chi connectivity index (χ2n) is 7.57. The van der Waals surface area contributed by atoms with Crippen molar-refractivity contribution in [3.05, 3.63) is 58.1 Å². The van der Waals surface area contributed by atoms with E-state index in [0.29, 0.717) is 13.1 Å². The molecule has 0 aromatic heterocycles. The highest BCUT2D eigenvalue weighted by Gasteiger charge is 2.23. The van der Waals surface area contributed by atoms with Crippen molar-refractivity contribution in [2.24, 2.45) is 0 Å². The normalized spacial score (nSPS) is 17.6. The number of aliphatic hydroxyl groups is 1. The van der Waals surface area contributed by atoms with Gasteiger partial charge in [-0.15, -0.1) is 0 Å². The maximum Gasteiger partial charge on any atom is 0.258 e. The monoisotopic (exact) mass is 488 g/mol. The highest BCUT2D eigenvalue weighted by Crippen LogP contribution is 2.21.